The highest BCUT2D eigenvalue weighted by atomic mass is 32.1. The first-order chi connectivity index (χ1) is 12.0. The van der Waals surface area contributed by atoms with Gasteiger partial charge in [0.1, 0.15) is 0 Å². The molecular weight excluding hydrogens is 336 g/mol. The molecule has 1 aromatic carbocycles. The van der Waals surface area contributed by atoms with Crippen LogP contribution in [0.3, 0.4) is 0 Å². The van der Waals surface area contributed by atoms with E-state index in [1.807, 2.05) is 26.2 Å². The number of ether oxygens (including phenoxy) is 2. The van der Waals surface area contributed by atoms with Crippen molar-refractivity contribution in [2.45, 2.75) is 46.6 Å². The summed E-state index contributed by atoms with van der Waals surface area (Å²) in [5, 5.41) is 5.93. The summed E-state index contributed by atoms with van der Waals surface area (Å²) >= 11 is 1.58. The van der Waals surface area contributed by atoms with E-state index in [9.17, 15) is 4.79 Å². The van der Waals surface area contributed by atoms with E-state index in [2.05, 4.69) is 17.2 Å². The maximum Gasteiger partial charge on any atom is 0.251 e. The van der Waals surface area contributed by atoms with Gasteiger partial charge in [0.2, 0.25) is 0 Å². The van der Waals surface area contributed by atoms with Crippen molar-refractivity contribution < 1.29 is 14.3 Å². The molecule has 136 valence electrons. The zero-order valence-electron chi connectivity index (χ0n) is 15.3. The Balaban J connectivity index is 2.09. The number of carbonyl (C=O) groups excluding carboxylic acids is 1. The van der Waals surface area contributed by atoms with Gasteiger partial charge in [-0.3, -0.25) is 4.79 Å². The molecule has 6 heteroatoms. The summed E-state index contributed by atoms with van der Waals surface area (Å²) in [5.41, 5.74) is 1.42. The molecule has 1 heterocycles. The van der Waals surface area contributed by atoms with Crippen molar-refractivity contribution in [3.8, 4) is 11.5 Å². The molecule has 2 rings (SSSR count). The van der Waals surface area contributed by atoms with Crippen LogP contribution in [0.15, 0.2) is 23.6 Å². The lowest BCUT2D eigenvalue weighted by molar-refractivity contribution is 0.0938. The Hall–Kier alpha value is -2.08. The number of nitrogens with zero attached hydrogens (tertiary/aromatic N) is 1. The highest BCUT2D eigenvalue weighted by molar-refractivity contribution is 7.09. The standard InChI is InChI=1S/C19H26N2O3S/c1-5-7-10-24-17-9-8-15(11-18(17)23-6-2)19(22)20-13(3)16-12-25-14(4)21-16/h8-9,11-13H,5-7,10H2,1-4H3,(H,20,22). The lowest BCUT2D eigenvalue weighted by Crippen LogP contribution is -2.26. The third-order valence-corrected chi connectivity index (χ3v) is 4.48. The SMILES string of the molecule is CCCCOc1ccc(C(=O)NC(C)c2csc(C)n2)cc1OCC. The smallest absolute Gasteiger partial charge is 0.251 e. The Morgan fingerprint density at radius 3 is 2.72 bits per heavy atom. The number of aromatic nitrogens is 1. The molecule has 0 saturated heterocycles. The lowest BCUT2D eigenvalue weighted by Gasteiger charge is -2.15. The first-order valence-electron chi connectivity index (χ1n) is 8.67. The van der Waals surface area contributed by atoms with Crippen LogP contribution in [0.25, 0.3) is 0 Å². The minimum Gasteiger partial charge on any atom is -0.490 e. The molecule has 0 aliphatic heterocycles. The van der Waals surface area contributed by atoms with E-state index in [1.54, 1.807) is 29.5 Å². The summed E-state index contributed by atoms with van der Waals surface area (Å²) in [4.78, 5) is 17.0. The van der Waals surface area contributed by atoms with Gasteiger partial charge in [-0.1, -0.05) is 13.3 Å². The van der Waals surface area contributed by atoms with Gasteiger partial charge in [-0.2, -0.15) is 0 Å². The molecule has 0 saturated carbocycles. The molecule has 0 spiro atoms. The fourth-order valence-electron chi connectivity index (χ4n) is 2.30. The minimum absolute atomic E-state index is 0.145. The molecular formula is C19H26N2O3S. The number of benzene rings is 1. The number of hydrogen-bond acceptors (Lipinski definition) is 5. The van der Waals surface area contributed by atoms with Gasteiger partial charge in [0.05, 0.1) is 30.0 Å². The number of amides is 1. The molecule has 1 atom stereocenters. The Labute approximate surface area is 153 Å². The van der Waals surface area contributed by atoms with E-state index in [4.69, 9.17) is 9.47 Å². The molecule has 0 fully saturated rings. The topological polar surface area (TPSA) is 60.5 Å². The average molecular weight is 362 g/mol. The van der Waals surface area contributed by atoms with Gasteiger partial charge < -0.3 is 14.8 Å². The number of unbranched alkanes of at least 4 members (excludes halogenated alkanes) is 1. The predicted octanol–water partition coefficient (Wildman–Crippen LogP) is 4.52. The third kappa shape index (κ3) is 5.46. The summed E-state index contributed by atoms with van der Waals surface area (Å²) in [7, 11) is 0. The maximum atomic E-state index is 12.5. The summed E-state index contributed by atoms with van der Waals surface area (Å²) in [5.74, 6) is 1.12. The largest absolute Gasteiger partial charge is 0.490 e. The Kier molecular flexibility index (Phi) is 7.25. The highest BCUT2D eigenvalue weighted by Crippen LogP contribution is 2.29. The second-order valence-corrected chi connectivity index (χ2v) is 6.85. The third-order valence-electron chi connectivity index (χ3n) is 3.69. The first-order valence-corrected chi connectivity index (χ1v) is 9.55. The molecule has 1 unspecified atom stereocenters. The molecule has 1 aromatic heterocycles. The molecule has 0 bridgehead atoms. The van der Waals surface area contributed by atoms with Crippen LogP contribution >= 0.6 is 11.3 Å². The predicted molar refractivity (Wildman–Crippen MR) is 101 cm³/mol. The second kappa shape index (κ2) is 9.42. The van der Waals surface area contributed by atoms with Gasteiger partial charge in [0.15, 0.2) is 11.5 Å². The summed E-state index contributed by atoms with van der Waals surface area (Å²) in [6, 6.07) is 5.15. The fourth-order valence-corrected chi connectivity index (χ4v) is 3.00. The van der Waals surface area contributed by atoms with Crippen LogP contribution in [0.5, 0.6) is 11.5 Å². The Bertz CT molecular complexity index is 700. The van der Waals surface area contributed by atoms with E-state index in [-0.39, 0.29) is 11.9 Å². The Morgan fingerprint density at radius 1 is 1.28 bits per heavy atom. The molecule has 0 radical (unpaired) electrons. The number of hydrogen-bond donors (Lipinski definition) is 1. The van der Waals surface area contributed by atoms with Crippen LogP contribution in [-0.4, -0.2) is 24.1 Å². The van der Waals surface area contributed by atoms with E-state index in [1.165, 1.54) is 0 Å². The van der Waals surface area contributed by atoms with Gasteiger partial charge in [-0.05, 0) is 45.4 Å². The van der Waals surface area contributed by atoms with Crippen molar-refractivity contribution in [2.75, 3.05) is 13.2 Å². The number of aryl methyl sites for hydroxylation is 1. The van der Waals surface area contributed by atoms with Crippen LogP contribution in [0.4, 0.5) is 0 Å². The lowest BCUT2D eigenvalue weighted by atomic mass is 10.1. The fraction of sp³-hybridized carbons (Fsp3) is 0.474. The van der Waals surface area contributed by atoms with Crippen molar-refractivity contribution in [1.29, 1.82) is 0 Å². The van der Waals surface area contributed by atoms with E-state index in [0.717, 1.165) is 23.5 Å². The normalized spacial score (nSPS) is 11.8. The van der Waals surface area contributed by atoms with Crippen molar-refractivity contribution in [3.63, 3.8) is 0 Å². The van der Waals surface area contributed by atoms with Crippen molar-refractivity contribution in [3.05, 3.63) is 39.8 Å². The van der Waals surface area contributed by atoms with E-state index in [0.29, 0.717) is 30.3 Å². The quantitative estimate of drug-likeness (QED) is 0.666. The van der Waals surface area contributed by atoms with Crippen LogP contribution < -0.4 is 14.8 Å². The number of nitrogens with one attached hydrogen (secondary N) is 1. The summed E-state index contributed by atoms with van der Waals surface area (Å²) in [6.45, 7) is 9.07. The molecule has 0 aliphatic carbocycles. The molecule has 25 heavy (non-hydrogen) atoms. The van der Waals surface area contributed by atoms with Crippen molar-refractivity contribution in [1.82, 2.24) is 10.3 Å². The molecule has 0 aliphatic rings. The monoisotopic (exact) mass is 362 g/mol. The van der Waals surface area contributed by atoms with Gasteiger partial charge >= 0.3 is 0 Å². The molecule has 1 N–H and O–H groups in total. The van der Waals surface area contributed by atoms with E-state index < -0.39 is 0 Å². The highest BCUT2D eigenvalue weighted by Gasteiger charge is 2.16. The number of rotatable bonds is 9. The number of thiazole rings is 1. The van der Waals surface area contributed by atoms with Crippen LogP contribution in [-0.2, 0) is 0 Å². The van der Waals surface area contributed by atoms with Gasteiger partial charge in [-0.15, -0.1) is 11.3 Å². The van der Waals surface area contributed by atoms with Crippen LogP contribution in [0.1, 0.15) is 60.7 Å². The zero-order valence-corrected chi connectivity index (χ0v) is 16.1. The van der Waals surface area contributed by atoms with Crippen molar-refractivity contribution in [2.24, 2.45) is 0 Å². The van der Waals surface area contributed by atoms with Crippen LogP contribution in [0.2, 0.25) is 0 Å². The Morgan fingerprint density at radius 2 is 2.08 bits per heavy atom. The zero-order chi connectivity index (χ0) is 18.2. The van der Waals surface area contributed by atoms with Crippen LogP contribution in [0, 0.1) is 6.92 Å². The minimum atomic E-state index is -0.154. The first kappa shape index (κ1) is 19.2. The van der Waals surface area contributed by atoms with Gasteiger partial charge in [0.25, 0.3) is 5.91 Å². The number of carbonyl (C=O) groups is 1. The average Bonchev–Trinajstić information content (AvgIpc) is 3.03. The van der Waals surface area contributed by atoms with E-state index >= 15 is 0 Å². The molecule has 1 amide bonds. The molecule has 5 nitrogen and oxygen atoms in total. The molecule has 2 aromatic rings. The summed E-state index contributed by atoms with van der Waals surface area (Å²) < 4.78 is 11.4. The maximum absolute atomic E-state index is 12.5. The van der Waals surface area contributed by atoms with Crippen molar-refractivity contribution >= 4 is 17.2 Å². The second-order valence-electron chi connectivity index (χ2n) is 5.78. The van der Waals surface area contributed by atoms with Gasteiger partial charge in [-0.25, -0.2) is 4.98 Å². The summed E-state index contributed by atoms with van der Waals surface area (Å²) in [6.07, 6.45) is 2.05. The van der Waals surface area contributed by atoms with Gasteiger partial charge in [0, 0.05) is 10.9 Å².